The minimum atomic E-state index is -4.69. The van der Waals surface area contributed by atoms with Crippen LogP contribution in [-0.4, -0.2) is 26.3 Å². The number of carbonyl (C=O) groups is 1. The van der Waals surface area contributed by atoms with Gasteiger partial charge >= 0.3 is 6.18 Å². The Morgan fingerprint density at radius 3 is 2.59 bits per heavy atom. The SMILES string of the molecule is NC(=O)c1c(C(F)(F)F)sc(-c2cn[nH]c2)c1-c1ccn[nH]1. The molecule has 0 aromatic carbocycles. The number of halogens is 3. The number of H-pyrrole nitrogens is 2. The number of alkyl halides is 3. The summed E-state index contributed by atoms with van der Waals surface area (Å²) in [6.07, 6.45) is -0.497. The van der Waals surface area contributed by atoms with E-state index in [-0.39, 0.29) is 16.1 Å². The van der Waals surface area contributed by atoms with Gasteiger partial charge in [-0.1, -0.05) is 0 Å². The fourth-order valence-electron chi connectivity index (χ4n) is 2.10. The van der Waals surface area contributed by atoms with Crippen molar-refractivity contribution >= 4 is 17.2 Å². The van der Waals surface area contributed by atoms with E-state index < -0.39 is 22.5 Å². The molecule has 0 radical (unpaired) electrons. The summed E-state index contributed by atoms with van der Waals surface area (Å²) in [5.74, 6) is -1.15. The molecule has 0 atom stereocenters. The van der Waals surface area contributed by atoms with Crippen LogP contribution in [0.2, 0.25) is 0 Å². The molecule has 4 N–H and O–H groups in total. The van der Waals surface area contributed by atoms with Gasteiger partial charge in [0.25, 0.3) is 5.91 Å². The molecule has 3 aromatic heterocycles. The number of thiophene rings is 1. The molecule has 0 aliphatic carbocycles. The molecule has 0 saturated carbocycles. The monoisotopic (exact) mass is 327 g/mol. The van der Waals surface area contributed by atoms with Gasteiger partial charge in [0, 0.05) is 28.4 Å². The number of rotatable bonds is 3. The number of nitrogens with zero attached hydrogens (tertiary/aromatic N) is 2. The molecular formula is C12H8F3N5OS. The summed E-state index contributed by atoms with van der Waals surface area (Å²) < 4.78 is 39.7. The summed E-state index contributed by atoms with van der Waals surface area (Å²) in [7, 11) is 0. The normalized spacial score (nSPS) is 11.8. The van der Waals surface area contributed by atoms with Crippen LogP contribution in [0, 0.1) is 0 Å². The Morgan fingerprint density at radius 1 is 1.32 bits per heavy atom. The third-order valence-electron chi connectivity index (χ3n) is 2.94. The molecule has 0 bridgehead atoms. The number of aromatic amines is 2. The number of carbonyl (C=O) groups excluding carboxylic acids is 1. The second-order valence-corrected chi connectivity index (χ2v) is 5.35. The van der Waals surface area contributed by atoms with Crippen molar-refractivity contribution < 1.29 is 18.0 Å². The Bertz CT molecular complexity index is 805. The van der Waals surface area contributed by atoms with E-state index in [9.17, 15) is 18.0 Å². The molecule has 3 heterocycles. The maximum absolute atomic E-state index is 13.2. The summed E-state index contributed by atoms with van der Waals surface area (Å²) >= 11 is 0.444. The molecule has 0 saturated heterocycles. The zero-order chi connectivity index (χ0) is 15.9. The summed E-state index contributed by atoms with van der Waals surface area (Å²) in [6.45, 7) is 0. The van der Waals surface area contributed by atoms with Crippen LogP contribution in [0.1, 0.15) is 15.2 Å². The summed E-state index contributed by atoms with van der Waals surface area (Å²) in [5, 5.41) is 12.5. The summed E-state index contributed by atoms with van der Waals surface area (Å²) in [5.41, 5.74) is 5.39. The fourth-order valence-corrected chi connectivity index (χ4v) is 3.26. The zero-order valence-electron chi connectivity index (χ0n) is 10.7. The fraction of sp³-hybridized carbons (Fsp3) is 0.0833. The average Bonchev–Trinajstić information content (AvgIpc) is 3.17. The molecule has 0 aliphatic heterocycles. The number of aromatic nitrogens is 4. The Labute approximate surface area is 125 Å². The average molecular weight is 327 g/mol. The van der Waals surface area contributed by atoms with Crippen LogP contribution in [0.25, 0.3) is 21.7 Å². The van der Waals surface area contributed by atoms with Crippen molar-refractivity contribution in [3.63, 3.8) is 0 Å². The molecule has 3 aromatic rings. The second-order valence-electron chi connectivity index (χ2n) is 4.33. The zero-order valence-corrected chi connectivity index (χ0v) is 11.5. The predicted molar refractivity (Wildman–Crippen MR) is 73.0 cm³/mol. The molecule has 0 aliphatic rings. The highest BCUT2D eigenvalue weighted by Gasteiger charge is 2.40. The van der Waals surface area contributed by atoms with Crippen molar-refractivity contribution in [2.24, 2.45) is 5.73 Å². The third kappa shape index (κ3) is 2.26. The smallest absolute Gasteiger partial charge is 0.366 e. The second kappa shape index (κ2) is 4.98. The van der Waals surface area contributed by atoms with Crippen LogP contribution < -0.4 is 5.73 Å². The van der Waals surface area contributed by atoms with Gasteiger partial charge in [-0.05, 0) is 6.07 Å². The van der Waals surface area contributed by atoms with Crippen LogP contribution in [0.3, 0.4) is 0 Å². The molecule has 6 nitrogen and oxygen atoms in total. The highest BCUT2D eigenvalue weighted by Crippen LogP contribution is 2.48. The van der Waals surface area contributed by atoms with Crippen LogP contribution in [-0.2, 0) is 6.18 Å². The lowest BCUT2D eigenvalue weighted by atomic mass is 10.0. The first-order valence-corrected chi connectivity index (χ1v) is 6.74. The Hall–Kier alpha value is -2.62. The van der Waals surface area contributed by atoms with Gasteiger partial charge in [-0.15, -0.1) is 11.3 Å². The van der Waals surface area contributed by atoms with Gasteiger partial charge in [-0.25, -0.2) is 0 Å². The van der Waals surface area contributed by atoms with Gasteiger partial charge in [0.1, 0.15) is 4.88 Å². The lowest BCUT2D eigenvalue weighted by Crippen LogP contribution is -2.17. The first kappa shape index (κ1) is 14.3. The molecule has 1 amide bonds. The number of primary amides is 1. The summed E-state index contributed by atoms with van der Waals surface area (Å²) in [4.78, 5) is 10.8. The van der Waals surface area contributed by atoms with Crippen LogP contribution >= 0.6 is 11.3 Å². The van der Waals surface area contributed by atoms with Crippen molar-refractivity contribution in [2.75, 3.05) is 0 Å². The van der Waals surface area contributed by atoms with E-state index in [0.717, 1.165) is 0 Å². The van der Waals surface area contributed by atoms with Crippen molar-refractivity contribution in [2.45, 2.75) is 6.18 Å². The molecule has 22 heavy (non-hydrogen) atoms. The standard InChI is InChI=1S/C12H8F3N5OS/c13-12(14,15)10-8(11(16)21)7(6-1-2-17-20-6)9(22-10)5-3-18-19-4-5/h1-4H,(H2,16,21)(H,17,20)(H,18,19). The first-order valence-electron chi connectivity index (χ1n) is 5.92. The van der Waals surface area contributed by atoms with Gasteiger partial charge < -0.3 is 5.73 Å². The van der Waals surface area contributed by atoms with E-state index in [1.165, 1.54) is 24.7 Å². The number of hydrogen-bond donors (Lipinski definition) is 3. The largest absolute Gasteiger partial charge is 0.426 e. The number of nitrogens with one attached hydrogen (secondary N) is 2. The quantitative estimate of drug-likeness (QED) is 0.689. The first-order chi connectivity index (χ1) is 10.4. The molecule has 3 rings (SSSR count). The number of nitrogens with two attached hydrogens (primary N) is 1. The minimum Gasteiger partial charge on any atom is -0.366 e. The lowest BCUT2D eigenvalue weighted by molar-refractivity contribution is -0.134. The molecule has 10 heteroatoms. The third-order valence-corrected chi connectivity index (χ3v) is 4.23. The van der Waals surface area contributed by atoms with Gasteiger partial charge in [0.2, 0.25) is 0 Å². The van der Waals surface area contributed by atoms with Gasteiger partial charge in [-0.3, -0.25) is 15.0 Å². The molecule has 0 fully saturated rings. The van der Waals surface area contributed by atoms with E-state index in [4.69, 9.17) is 5.73 Å². The Kier molecular flexibility index (Phi) is 3.24. The van der Waals surface area contributed by atoms with Gasteiger partial charge in [0.05, 0.1) is 17.5 Å². The van der Waals surface area contributed by atoms with Crippen molar-refractivity contribution in [3.05, 3.63) is 35.1 Å². The van der Waals surface area contributed by atoms with E-state index in [2.05, 4.69) is 20.4 Å². The van der Waals surface area contributed by atoms with Gasteiger partial charge in [-0.2, -0.15) is 23.4 Å². The Balaban J connectivity index is 2.38. The highest BCUT2D eigenvalue weighted by molar-refractivity contribution is 7.16. The van der Waals surface area contributed by atoms with E-state index in [1.54, 1.807) is 0 Å². The van der Waals surface area contributed by atoms with Crippen LogP contribution in [0.4, 0.5) is 13.2 Å². The maximum Gasteiger partial charge on any atom is 0.426 e. The van der Waals surface area contributed by atoms with Crippen molar-refractivity contribution in [1.82, 2.24) is 20.4 Å². The minimum absolute atomic E-state index is 0.0729. The van der Waals surface area contributed by atoms with E-state index >= 15 is 0 Å². The Morgan fingerprint density at radius 2 is 2.09 bits per heavy atom. The van der Waals surface area contributed by atoms with Crippen LogP contribution in [0.15, 0.2) is 24.7 Å². The molecule has 0 unspecified atom stereocenters. The number of amides is 1. The summed E-state index contributed by atoms with van der Waals surface area (Å²) in [6, 6.07) is 1.47. The lowest BCUT2D eigenvalue weighted by Gasteiger charge is -2.06. The van der Waals surface area contributed by atoms with Crippen LogP contribution in [0.5, 0.6) is 0 Å². The highest BCUT2D eigenvalue weighted by atomic mass is 32.1. The van der Waals surface area contributed by atoms with E-state index in [1.807, 2.05) is 0 Å². The molecule has 0 spiro atoms. The molecular weight excluding hydrogens is 319 g/mol. The van der Waals surface area contributed by atoms with E-state index in [0.29, 0.717) is 16.9 Å². The van der Waals surface area contributed by atoms with Crippen molar-refractivity contribution in [3.8, 4) is 21.7 Å². The van der Waals surface area contributed by atoms with Gasteiger partial charge in [0.15, 0.2) is 0 Å². The predicted octanol–water partition coefficient (Wildman–Crippen LogP) is 2.65. The maximum atomic E-state index is 13.2. The molecule has 114 valence electrons. The number of hydrogen-bond acceptors (Lipinski definition) is 4. The van der Waals surface area contributed by atoms with Crippen molar-refractivity contribution in [1.29, 1.82) is 0 Å². The topological polar surface area (TPSA) is 100 Å².